The number of hydrogen-bond donors (Lipinski definition) is 3. The molecule has 2 aliphatic heterocycles. The van der Waals surface area contributed by atoms with Gasteiger partial charge in [-0.2, -0.15) is 0 Å². The Balaban J connectivity index is 1.89. The molecule has 6 heteroatoms. The van der Waals surface area contributed by atoms with E-state index in [4.69, 9.17) is 9.47 Å². The van der Waals surface area contributed by atoms with Gasteiger partial charge in [-0.25, -0.2) is 0 Å². The molecule has 18 heavy (non-hydrogen) atoms. The zero-order valence-corrected chi connectivity index (χ0v) is 10.8. The molecule has 0 aromatic rings. The number of aliphatic hydroxyl groups is 1. The van der Waals surface area contributed by atoms with E-state index in [0.29, 0.717) is 39.0 Å². The number of methoxy groups -OCH3 is 1. The first-order chi connectivity index (χ1) is 8.69. The van der Waals surface area contributed by atoms with Crippen LogP contribution in [0.3, 0.4) is 0 Å². The van der Waals surface area contributed by atoms with E-state index in [0.717, 1.165) is 0 Å². The van der Waals surface area contributed by atoms with E-state index in [-0.39, 0.29) is 24.7 Å². The summed E-state index contributed by atoms with van der Waals surface area (Å²) in [6, 6.07) is -0.221. The Labute approximate surface area is 107 Å². The standard InChI is InChI=1S/C12H22N2O4/c1-17-9-6-10(13-7-9)11(16)14-12(8-15)2-4-18-5-3-12/h9-10,13,15H,2-8H2,1H3,(H,14,16). The Hall–Kier alpha value is -0.690. The molecule has 2 fully saturated rings. The molecular weight excluding hydrogens is 236 g/mol. The second kappa shape index (κ2) is 5.97. The number of hydrogen-bond acceptors (Lipinski definition) is 5. The molecule has 0 bridgehead atoms. The molecule has 0 radical (unpaired) electrons. The number of carbonyl (C=O) groups is 1. The average molecular weight is 258 g/mol. The van der Waals surface area contributed by atoms with Gasteiger partial charge >= 0.3 is 0 Å². The van der Waals surface area contributed by atoms with Crippen molar-refractivity contribution in [1.82, 2.24) is 10.6 Å². The minimum Gasteiger partial charge on any atom is -0.394 e. The fourth-order valence-corrected chi connectivity index (χ4v) is 2.52. The summed E-state index contributed by atoms with van der Waals surface area (Å²) in [6.45, 7) is 1.83. The predicted octanol–water partition coefficient (Wildman–Crippen LogP) is -0.979. The Kier molecular flexibility index (Phi) is 4.55. The van der Waals surface area contributed by atoms with E-state index in [1.54, 1.807) is 7.11 Å². The summed E-state index contributed by atoms with van der Waals surface area (Å²) in [5, 5.41) is 15.6. The van der Waals surface area contributed by atoms with Crippen LogP contribution in [-0.4, -0.2) is 62.2 Å². The molecule has 3 N–H and O–H groups in total. The monoisotopic (exact) mass is 258 g/mol. The molecule has 2 saturated heterocycles. The van der Waals surface area contributed by atoms with Crippen molar-refractivity contribution in [3.8, 4) is 0 Å². The third kappa shape index (κ3) is 3.00. The van der Waals surface area contributed by atoms with Crippen molar-refractivity contribution in [2.75, 3.05) is 33.5 Å². The van der Waals surface area contributed by atoms with E-state index in [9.17, 15) is 9.90 Å². The number of carbonyl (C=O) groups excluding carboxylic acids is 1. The molecule has 0 aromatic carbocycles. The maximum atomic E-state index is 12.2. The molecule has 0 aliphatic carbocycles. The highest BCUT2D eigenvalue weighted by Gasteiger charge is 2.37. The van der Waals surface area contributed by atoms with Gasteiger partial charge in [0.05, 0.1) is 24.3 Å². The summed E-state index contributed by atoms with van der Waals surface area (Å²) in [5.74, 6) is -0.0505. The first kappa shape index (κ1) is 13.7. The van der Waals surface area contributed by atoms with Gasteiger partial charge in [-0.15, -0.1) is 0 Å². The molecule has 2 heterocycles. The van der Waals surface area contributed by atoms with Crippen molar-refractivity contribution in [3.05, 3.63) is 0 Å². The van der Waals surface area contributed by atoms with Gasteiger partial charge in [0.15, 0.2) is 0 Å². The Morgan fingerprint density at radius 3 is 2.83 bits per heavy atom. The van der Waals surface area contributed by atoms with Crippen molar-refractivity contribution in [2.45, 2.75) is 36.9 Å². The minimum absolute atomic E-state index is 0.0392. The largest absolute Gasteiger partial charge is 0.394 e. The van der Waals surface area contributed by atoms with Crippen LogP contribution in [0.15, 0.2) is 0 Å². The summed E-state index contributed by atoms with van der Waals surface area (Å²) in [6.07, 6.45) is 2.10. The topological polar surface area (TPSA) is 79.8 Å². The Morgan fingerprint density at radius 2 is 2.28 bits per heavy atom. The van der Waals surface area contributed by atoms with Crippen molar-refractivity contribution in [2.24, 2.45) is 0 Å². The smallest absolute Gasteiger partial charge is 0.237 e. The first-order valence-electron chi connectivity index (χ1n) is 6.46. The summed E-state index contributed by atoms with van der Waals surface area (Å²) >= 11 is 0. The third-order valence-corrected chi connectivity index (χ3v) is 3.88. The lowest BCUT2D eigenvalue weighted by atomic mass is 9.90. The maximum Gasteiger partial charge on any atom is 0.237 e. The minimum atomic E-state index is -0.512. The van der Waals surface area contributed by atoms with Crippen molar-refractivity contribution in [3.63, 3.8) is 0 Å². The number of ether oxygens (including phenoxy) is 2. The van der Waals surface area contributed by atoms with Gasteiger partial charge in [0.25, 0.3) is 0 Å². The van der Waals surface area contributed by atoms with Gasteiger partial charge in [0.2, 0.25) is 5.91 Å². The van der Waals surface area contributed by atoms with Crippen molar-refractivity contribution in [1.29, 1.82) is 0 Å². The average Bonchev–Trinajstić information content (AvgIpc) is 2.88. The Bertz CT molecular complexity index is 292. The quantitative estimate of drug-likeness (QED) is 0.604. The molecule has 2 aliphatic rings. The van der Waals surface area contributed by atoms with Crippen LogP contribution < -0.4 is 10.6 Å². The zero-order chi connectivity index (χ0) is 13.0. The molecule has 6 nitrogen and oxygen atoms in total. The molecular formula is C12H22N2O4. The van der Waals surface area contributed by atoms with Crippen LogP contribution in [0.2, 0.25) is 0 Å². The third-order valence-electron chi connectivity index (χ3n) is 3.88. The number of rotatable bonds is 4. The van der Waals surface area contributed by atoms with Crippen LogP contribution in [0.5, 0.6) is 0 Å². The molecule has 1 amide bonds. The molecule has 0 aromatic heterocycles. The zero-order valence-electron chi connectivity index (χ0n) is 10.8. The van der Waals surface area contributed by atoms with E-state index >= 15 is 0 Å². The van der Waals surface area contributed by atoms with E-state index in [1.807, 2.05) is 0 Å². The number of amides is 1. The van der Waals surface area contributed by atoms with Gasteiger partial charge in [-0.1, -0.05) is 0 Å². The van der Waals surface area contributed by atoms with Crippen LogP contribution in [0.25, 0.3) is 0 Å². The fourth-order valence-electron chi connectivity index (χ4n) is 2.52. The Morgan fingerprint density at radius 1 is 1.56 bits per heavy atom. The van der Waals surface area contributed by atoms with Crippen LogP contribution in [0, 0.1) is 0 Å². The van der Waals surface area contributed by atoms with Crippen molar-refractivity contribution < 1.29 is 19.4 Å². The van der Waals surface area contributed by atoms with E-state index < -0.39 is 5.54 Å². The lowest BCUT2D eigenvalue weighted by molar-refractivity contribution is -0.127. The summed E-state index contributed by atoms with van der Waals surface area (Å²) < 4.78 is 10.5. The fraction of sp³-hybridized carbons (Fsp3) is 0.917. The lowest BCUT2D eigenvalue weighted by Crippen LogP contribution is -2.58. The van der Waals surface area contributed by atoms with Crippen LogP contribution >= 0.6 is 0 Å². The van der Waals surface area contributed by atoms with Crippen LogP contribution in [0.1, 0.15) is 19.3 Å². The highest BCUT2D eigenvalue weighted by atomic mass is 16.5. The highest BCUT2D eigenvalue weighted by molar-refractivity contribution is 5.83. The van der Waals surface area contributed by atoms with Crippen molar-refractivity contribution >= 4 is 5.91 Å². The first-order valence-corrected chi connectivity index (χ1v) is 6.46. The molecule has 2 unspecified atom stereocenters. The van der Waals surface area contributed by atoms with Gasteiger partial charge in [-0.3, -0.25) is 4.79 Å². The number of nitrogens with one attached hydrogen (secondary N) is 2. The molecule has 104 valence electrons. The molecule has 0 spiro atoms. The normalized spacial score (nSPS) is 31.2. The maximum absolute atomic E-state index is 12.2. The van der Waals surface area contributed by atoms with Gasteiger partial charge < -0.3 is 25.2 Å². The van der Waals surface area contributed by atoms with E-state index in [2.05, 4.69) is 10.6 Å². The predicted molar refractivity (Wildman–Crippen MR) is 65.2 cm³/mol. The van der Waals surface area contributed by atoms with Gasteiger partial charge in [-0.05, 0) is 19.3 Å². The SMILES string of the molecule is COC1CNC(C(=O)NC2(CO)CCOCC2)C1. The highest BCUT2D eigenvalue weighted by Crippen LogP contribution is 2.21. The molecule has 0 saturated carbocycles. The second-order valence-corrected chi connectivity index (χ2v) is 5.09. The van der Waals surface area contributed by atoms with E-state index in [1.165, 1.54) is 0 Å². The van der Waals surface area contributed by atoms with Crippen LogP contribution in [0.4, 0.5) is 0 Å². The summed E-state index contributed by atoms with van der Waals surface area (Å²) in [5.41, 5.74) is -0.512. The van der Waals surface area contributed by atoms with Crippen LogP contribution in [-0.2, 0) is 14.3 Å². The number of aliphatic hydroxyl groups excluding tert-OH is 1. The molecule has 2 atom stereocenters. The van der Waals surface area contributed by atoms with Gasteiger partial charge in [0.1, 0.15) is 0 Å². The van der Waals surface area contributed by atoms with Gasteiger partial charge in [0, 0.05) is 26.9 Å². The molecule has 2 rings (SSSR count). The second-order valence-electron chi connectivity index (χ2n) is 5.09. The summed E-state index contributed by atoms with van der Waals surface area (Å²) in [4.78, 5) is 12.2. The summed E-state index contributed by atoms with van der Waals surface area (Å²) in [7, 11) is 1.65. The lowest BCUT2D eigenvalue weighted by Gasteiger charge is -2.37.